The Morgan fingerprint density at radius 2 is 2.27 bits per heavy atom. The average Bonchev–Trinajstić information content (AvgIpc) is 2.16. The first kappa shape index (κ1) is 9.64. The summed E-state index contributed by atoms with van der Waals surface area (Å²) in [6.45, 7) is 1.79. The summed E-state index contributed by atoms with van der Waals surface area (Å²) in [4.78, 5) is 21.4. The van der Waals surface area contributed by atoms with Crippen molar-refractivity contribution in [1.82, 2.24) is 0 Å². The minimum absolute atomic E-state index is 0.0831. The molecule has 0 bridgehead atoms. The molecular formula is C10H9NO4. The predicted octanol–water partition coefficient (Wildman–Crippen LogP) is 1.70. The minimum atomic E-state index is -0.522. The lowest BCUT2D eigenvalue weighted by molar-refractivity contribution is -0.384. The summed E-state index contributed by atoms with van der Waals surface area (Å²) < 4.78 is 4.99. The quantitative estimate of drug-likeness (QED) is 0.399. The van der Waals surface area contributed by atoms with Crippen molar-refractivity contribution in [2.45, 2.75) is 19.4 Å². The number of fused-ring (bicyclic) bond motifs is 1. The molecule has 1 aromatic carbocycles. The Bertz CT molecular complexity index is 441. The van der Waals surface area contributed by atoms with Crippen molar-refractivity contribution >= 4 is 11.7 Å². The van der Waals surface area contributed by atoms with Crippen LogP contribution < -0.4 is 0 Å². The number of benzene rings is 1. The van der Waals surface area contributed by atoms with Crippen LogP contribution in [-0.4, -0.2) is 17.0 Å². The third-order valence-electron chi connectivity index (χ3n) is 2.34. The van der Waals surface area contributed by atoms with Crippen LogP contribution in [0.15, 0.2) is 18.2 Å². The number of hydrogen-bond acceptors (Lipinski definition) is 4. The lowest BCUT2D eigenvalue weighted by atomic mass is 9.99. The Hall–Kier alpha value is -1.91. The standard InChI is InChI=1S/C10H9NO4/c1-6-4-7-2-3-8(11(13)14)5-9(7)10(12)15-6/h2-3,5-6H,4H2,1H3. The van der Waals surface area contributed by atoms with Crippen LogP contribution in [0.2, 0.25) is 0 Å². The van der Waals surface area contributed by atoms with Gasteiger partial charge in [0.15, 0.2) is 0 Å². The highest BCUT2D eigenvalue weighted by Gasteiger charge is 2.25. The van der Waals surface area contributed by atoms with E-state index >= 15 is 0 Å². The normalized spacial score (nSPS) is 19.3. The molecule has 1 aromatic rings. The van der Waals surface area contributed by atoms with E-state index in [0.717, 1.165) is 5.56 Å². The van der Waals surface area contributed by atoms with E-state index in [1.807, 2.05) is 0 Å². The fraction of sp³-hybridized carbons (Fsp3) is 0.300. The van der Waals surface area contributed by atoms with Gasteiger partial charge in [-0.05, 0) is 12.5 Å². The van der Waals surface area contributed by atoms with Crippen LogP contribution in [0.5, 0.6) is 0 Å². The summed E-state index contributed by atoms with van der Waals surface area (Å²) in [5.74, 6) is -0.479. The van der Waals surface area contributed by atoms with Crippen LogP contribution in [0.3, 0.4) is 0 Å². The van der Waals surface area contributed by atoms with Gasteiger partial charge in [-0.2, -0.15) is 0 Å². The van der Waals surface area contributed by atoms with Gasteiger partial charge in [-0.1, -0.05) is 6.07 Å². The molecule has 1 unspecified atom stereocenters. The molecule has 1 atom stereocenters. The molecule has 0 spiro atoms. The molecule has 0 saturated carbocycles. The summed E-state index contributed by atoms with van der Waals surface area (Å²) >= 11 is 0. The number of nitro groups is 1. The van der Waals surface area contributed by atoms with E-state index in [2.05, 4.69) is 0 Å². The van der Waals surface area contributed by atoms with Crippen molar-refractivity contribution in [2.75, 3.05) is 0 Å². The Morgan fingerprint density at radius 1 is 1.53 bits per heavy atom. The lowest BCUT2D eigenvalue weighted by Gasteiger charge is -2.20. The Labute approximate surface area is 85.8 Å². The van der Waals surface area contributed by atoms with Crippen molar-refractivity contribution in [2.24, 2.45) is 0 Å². The molecule has 5 heteroatoms. The second-order valence-corrected chi connectivity index (χ2v) is 3.52. The fourth-order valence-electron chi connectivity index (χ4n) is 1.64. The molecule has 15 heavy (non-hydrogen) atoms. The Morgan fingerprint density at radius 3 is 2.93 bits per heavy atom. The molecule has 0 fully saturated rings. The third kappa shape index (κ3) is 1.68. The third-order valence-corrected chi connectivity index (χ3v) is 2.34. The summed E-state index contributed by atoms with van der Waals surface area (Å²) in [5.41, 5.74) is 1.03. The maximum Gasteiger partial charge on any atom is 0.338 e. The van der Waals surface area contributed by atoms with Crippen LogP contribution in [-0.2, 0) is 11.2 Å². The number of carbonyl (C=O) groups is 1. The van der Waals surface area contributed by atoms with Gasteiger partial charge in [0.05, 0.1) is 10.5 Å². The van der Waals surface area contributed by atoms with Gasteiger partial charge in [0.25, 0.3) is 5.69 Å². The summed E-state index contributed by atoms with van der Waals surface area (Å²) in [7, 11) is 0. The molecule has 0 aromatic heterocycles. The number of carbonyl (C=O) groups excluding carboxylic acids is 1. The van der Waals surface area contributed by atoms with Crippen LogP contribution in [0.25, 0.3) is 0 Å². The van der Waals surface area contributed by atoms with Gasteiger partial charge in [-0.3, -0.25) is 10.1 Å². The zero-order valence-electron chi connectivity index (χ0n) is 8.10. The fourth-order valence-corrected chi connectivity index (χ4v) is 1.64. The summed E-state index contributed by atoms with van der Waals surface area (Å²) in [5, 5.41) is 10.5. The van der Waals surface area contributed by atoms with Crippen molar-refractivity contribution in [3.63, 3.8) is 0 Å². The van der Waals surface area contributed by atoms with E-state index < -0.39 is 10.9 Å². The first-order chi connectivity index (χ1) is 7.08. The Balaban J connectivity index is 2.48. The zero-order chi connectivity index (χ0) is 11.0. The number of esters is 1. The molecule has 0 N–H and O–H groups in total. The molecule has 1 heterocycles. The van der Waals surface area contributed by atoms with Crippen molar-refractivity contribution < 1.29 is 14.5 Å². The van der Waals surface area contributed by atoms with Gasteiger partial charge >= 0.3 is 5.97 Å². The van der Waals surface area contributed by atoms with Crippen LogP contribution in [0.4, 0.5) is 5.69 Å². The number of ether oxygens (including phenoxy) is 1. The molecule has 2 rings (SSSR count). The molecule has 1 aliphatic heterocycles. The van der Waals surface area contributed by atoms with Crippen molar-refractivity contribution in [3.05, 3.63) is 39.4 Å². The highest BCUT2D eigenvalue weighted by molar-refractivity contribution is 5.93. The monoisotopic (exact) mass is 207 g/mol. The number of nitrogens with zero attached hydrogens (tertiary/aromatic N) is 1. The number of rotatable bonds is 1. The number of cyclic esters (lactones) is 1. The van der Waals surface area contributed by atoms with E-state index in [4.69, 9.17) is 4.74 Å². The first-order valence-corrected chi connectivity index (χ1v) is 4.56. The molecule has 0 radical (unpaired) electrons. The SMILES string of the molecule is CC1Cc2ccc([N+](=O)[O-])cc2C(=O)O1. The second-order valence-electron chi connectivity index (χ2n) is 3.52. The maximum absolute atomic E-state index is 11.4. The van der Waals surface area contributed by atoms with Gasteiger partial charge in [0.2, 0.25) is 0 Å². The summed E-state index contributed by atoms with van der Waals surface area (Å²) in [6, 6.07) is 4.29. The van der Waals surface area contributed by atoms with E-state index in [0.29, 0.717) is 12.0 Å². The van der Waals surface area contributed by atoms with E-state index in [1.165, 1.54) is 12.1 Å². The molecule has 0 saturated heterocycles. The topological polar surface area (TPSA) is 69.4 Å². The highest BCUT2D eigenvalue weighted by atomic mass is 16.6. The molecule has 78 valence electrons. The highest BCUT2D eigenvalue weighted by Crippen LogP contribution is 2.24. The van der Waals surface area contributed by atoms with Gasteiger partial charge in [-0.15, -0.1) is 0 Å². The smallest absolute Gasteiger partial charge is 0.338 e. The zero-order valence-corrected chi connectivity index (χ0v) is 8.10. The first-order valence-electron chi connectivity index (χ1n) is 4.56. The summed E-state index contributed by atoms with van der Waals surface area (Å²) in [6.07, 6.45) is 0.449. The van der Waals surface area contributed by atoms with E-state index in [9.17, 15) is 14.9 Å². The van der Waals surface area contributed by atoms with Gasteiger partial charge in [-0.25, -0.2) is 4.79 Å². The minimum Gasteiger partial charge on any atom is -0.459 e. The van der Waals surface area contributed by atoms with Gasteiger partial charge in [0, 0.05) is 18.6 Å². The van der Waals surface area contributed by atoms with Crippen LogP contribution in [0, 0.1) is 10.1 Å². The Kier molecular flexibility index (Phi) is 2.15. The molecule has 5 nitrogen and oxygen atoms in total. The van der Waals surface area contributed by atoms with Crippen LogP contribution >= 0.6 is 0 Å². The molecule has 0 amide bonds. The number of nitro benzene ring substituents is 1. The van der Waals surface area contributed by atoms with E-state index in [-0.39, 0.29) is 11.8 Å². The van der Waals surface area contributed by atoms with Gasteiger partial charge in [0.1, 0.15) is 6.10 Å². The maximum atomic E-state index is 11.4. The average molecular weight is 207 g/mol. The number of hydrogen-bond donors (Lipinski definition) is 0. The van der Waals surface area contributed by atoms with Crippen LogP contribution in [0.1, 0.15) is 22.8 Å². The molecular weight excluding hydrogens is 198 g/mol. The predicted molar refractivity (Wildman–Crippen MR) is 51.7 cm³/mol. The van der Waals surface area contributed by atoms with Gasteiger partial charge < -0.3 is 4.74 Å². The second kappa shape index (κ2) is 3.34. The molecule has 1 aliphatic rings. The lowest BCUT2D eigenvalue weighted by Crippen LogP contribution is -2.25. The van der Waals surface area contributed by atoms with E-state index in [1.54, 1.807) is 13.0 Å². The van der Waals surface area contributed by atoms with Crippen molar-refractivity contribution in [1.29, 1.82) is 0 Å². The molecule has 0 aliphatic carbocycles. The largest absolute Gasteiger partial charge is 0.459 e. The number of non-ortho nitro benzene ring substituents is 1. The van der Waals surface area contributed by atoms with Crippen molar-refractivity contribution in [3.8, 4) is 0 Å².